The first-order chi connectivity index (χ1) is 8.74. The quantitative estimate of drug-likeness (QED) is 0.793. The summed E-state index contributed by atoms with van der Waals surface area (Å²) in [5, 5.41) is 3.23. The summed E-state index contributed by atoms with van der Waals surface area (Å²) in [6.07, 6.45) is 4.49. The molecule has 3 rings (SSSR count). The van der Waals surface area contributed by atoms with E-state index in [1.165, 1.54) is 12.8 Å². The molecule has 1 N–H and O–H groups in total. The van der Waals surface area contributed by atoms with Gasteiger partial charge in [0.05, 0.1) is 5.92 Å². The SMILES string of the molecule is O=C1NC2CCC(Br)CC2CC1c1ccccc1. The van der Waals surface area contributed by atoms with E-state index >= 15 is 0 Å². The highest BCUT2D eigenvalue weighted by molar-refractivity contribution is 9.09. The molecule has 4 unspecified atom stereocenters. The van der Waals surface area contributed by atoms with Gasteiger partial charge in [-0.05, 0) is 37.2 Å². The Bertz CT molecular complexity index is 433. The van der Waals surface area contributed by atoms with E-state index in [2.05, 4.69) is 33.4 Å². The number of halogens is 1. The zero-order valence-corrected chi connectivity index (χ0v) is 11.9. The molecule has 1 saturated heterocycles. The fraction of sp³-hybridized carbons (Fsp3) is 0.533. The predicted octanol–water partition coefficient (Wildman–Crippen LogP) is 3.22. The fourth-order valence-electron chi connectivity index (χ4n) is 3.32. The molecule has 4 atom stereocenters. The van der Waals surface area contributed by atoms with Gasteiger partial charge in [0.25, 0.3) is 0 Å². The van der Waals surface area contributed by atoms with Crippen molar-refractivity contribution in [1.82, 2.24) is 5.32 Å². The van der Waals surface area contributed by atoms with Crippen LogP contribution in [0.3, 0.4) is 0 Å². The summed E-state index contributed by atoms with van der Waals surface area (Å²) < 4.78 is 0. The van der Waals surface area contributed by atoms with Crippen LogP contribution < -0.4 is 5.32 Å². The predicted molar refractivity (Wildman–Crippen MR) is 75.8 cm³/mol. The molecule has 0 spiro atoms. The molecule has 2 fully saturated rings. The molecule has 1 aliphatic heterocycles. The normalized spacial score (nSPS) is 35.7. The first kappa shape index (κ1) is 12.2. The van der Waals surface area contributed by atoms with Crippen molar-refractivity contribution in [3.8, 4) is 0 Å². The number of piperidine rings is 1. The first-order valence-electron chi connectivity index (χ1n) is 6.73. The van der Waals surface area contributed by atoms with Gasteiger partial charge < -0.3 is 5.32 Å². The number of rotatable bonds is 1. The van der Waals surface area contributed by atoms with Crippen molar-refractivity contribution in [3.05, 3.63) is 35.9 Å². The summed E-state index contributed by atoms with van der Waals surface area (Å²) in [5.74, 6) is 0.895. The lowest BCUT2D eigenvalue weighted by atomic mass is 9.74. The van der Waals surface area contributed by atoms with E-state index in [1.807, 2.05) is 18.2 Å². The van der Waals surface area contributed by atoms with Crippen molar-refractivity contribution in [1.29, 1.82) is 0 Å². The molecule has 2 nitrogen and oxygen atoms in total. The van der Waals surface area contributed by atoms with E-state index in [-0.39, 0.29) is 11.8 Å². The van der Waals surface area contributed by atoms with Crippen LogP contribution in [0.25, 0.3) is 0 Å². The van der Waals surface area contributed by atoms with Gasteiger partial charge in [-0.1, -0.05) is 46.3 Å². The highest BCUT2D eigenvalue weighted by Crippen LogP contribution is 2.39. The molecule has 1 aliphatic carbocycles. The molecular weight excluding hydrogens is 290 g/mol. The second-order valence-corrected chi connectivity index (χ2v) is 6.78. The minimum atomic E-state index is 0.0465. The number of carbonyl (C=O) groups is 1. The largest absolute Gasteiger partial charge is 0.353 e. The lowest BCUT2D eigenvalue weighted by Gasteiger charge is -2.41. The van der Waals surface area contributed by atoms with Crippen LogP contribution in [0, 0.1) is 5.92 Å². The molecule has 1 aromatic carbocycles. The summed E-state index contributed by atoms with van der Waals surface area (Å²) in [7, 11) is 0. The Balaban J connectivity index is 1.79. The average molecular weight is 308 g/mol. The maximum Gasteiger partial charge on any atom is 0.227 e. The lowest BCUT2D eigenvalue weighted by Crippen LogP contribution is -2.51. The van der Waals surface area contributed by atoms with Crippen LogP contribution in [0.15, 0.2) is 30.3 Å². The molecule has 3 heteroatoms. The summed E-state index contributed by atoms with van der Waals surface area (Å²) in [6.45, 7) is 0. The van der Waals surface area contributed by atoms with Crippen LogP contribution in [0.4, 0.5) is 0 Å². The smallest absolute Gasteiger partial charge is 0.227 e. The molecule has 18 heavy (non-hydrogen) atoms. The van der Waals surface area contributed by atoms with Crippen molar-refractivity contribution in [3.63, 3.8) is 0 Å². The van der Waals surface area contributed by atoms with Gasteiger partial charge in [0.1, 0.15) is 0 Å². The van der Waals surface area contributed by atoms with Crippen LogP contribution in [0.1, 0.15) is 37.2 Å². The van der Waals surface area contributed by atoms with Crippen molar-refractivity contribution < 1.29 is 4.79 Å². The van der Waals surface area contributed by atoms with Crippen molar-refractivity contribution in [2.24, 2.45) is 5.92 Å². The van der Waals surface area contributed by atoms with Crippen LogP contribution in [-0.4, -0.2) is 16.8 Å². The molecule has 1 amide bonds. The van der Waals surface area contributed by atoms with Gasteiger partial charge in [-0.25, -0.2) is 0 Å². The van der Waals surface area contributed by atoms with Crippen LogP contribution in [-0.2, 0) is 4.79 Å². The second kappa shape index (κ2) is 5.04. The Morgan fingerprint density at radius 2 is 1.89 bits per heavy atom. The maximum atomic E-state index is 12.2. The zero-order valence-electron chi connectivity index (χ0n) is 10.3. The monoisotopic (exact) mass is 307 g/mol. The number of alkyl halides is 1. The Kier molecular flexibility index (Phi) is 3.42. The Morgan fingerprint density at radius 1 is 1.11 bits per heavy atom. The van der Waals surface area contributed by atoms with E-state index in [1.54, 1.807) is 0 Å². The van der Waals surface area contributed by atoms with Crippen molar-refractivity contribution in [2.45, 2.75) is 42.5 Å². The average Bonchev–Trinajstić information content (AvgIpc) is 2.39. The molecule has 1 saturated carbocycles. The minimum Gasteiger partial charge on any atom is -0.353 e. The molecule has 0 aromatic heterocycles. The van der Waals surface area contributed by atoms with Crippen LogP contribution in [0.5, 0.6) is 0 Å². The number of hydrogen-bond donors (Lipinski definition) is 1. The number of amides is 1. The Hall–Kier alpha value is -0.830. The van der Waals surface area contributed by atoms with Gasteiger partial charge in [0.15, 0.2) is 0 Å². The molecule has 2 aliphatic rings. The van der Waals surface area contributed by atoms with Gasteiger partial charge >= 0.3 is 0 Å². The van der Waals surface area contributed by atoms with E-state index in [0.29, 0.717) is 16.8 Å². The summed E-state index contributed by atoms with van der Waals surface area (Å²) in [4.78, 5) is 12.8. The highest BCUT2D eigenvalue weighted by Gasteiger charge is 2.39. The molecule has 0 bridgehead atoms. The fourth-order valence-corrected chi connectivity index (χ4v) is 4.07. The van der Waals surface area contributed by atoms with Gasteiger partial charge in [0, 0.05) is 10.9 Å². The van der Waals surface area contributed by atoms with Gasteiger partial charge in [-0.2, -0.15) is 0 Å². The zero-order chi connectivity index (χ0) is 12.5. The number of hydrogen-bond acceptors (Lipinski definition) is 1. The van der Waals surface area contributed by atoms with Gasteiger partial charge in [-0.3, -0.25) is 4.79 Å². The van der Waals surface area contributed by atoms with E-state index < -0.39 is 0 Å². The van der Waals surface area contributed by atoms with Crippen molar-refractivity contribution in [2.75, 3.05) is 0 Å². The molecular formula is C15H18BrNO. The summed E-state index contributed by atoms with van der Waals surface area (Å²) in [6, 6.07) is 10.6. The summed E-state index contributed by atoms with van der Waals surface area (Å²) >= 11 is 3.73. The third kappa shape index (κ3) is 2.33. The Labute approximate surface area is 116 Å². The third-order valence-electron chi connectivity index (χ3n) is 4.30. The summed E-state index contributed by atoms with van der Waals surface area (Å²) in [5.41, 5.74) is 1.16. The van der Waals surface area contributed by atoms with Crippen LogP contribution in [0.2, 0.25) is 0 Å². The van der Waals surface area contributed by atoms with E-state index in [9.17, 15) is 4.79 Å². The van der Waals surface area contributed by atoms with Gasteiger partial charge in [-0.15, -0.1) is 0 Å². The second-order valence-electron chi connectivity index (χ2n) is 5.48. The number of benzene rings is 1. The van der Waals surface area contributed by atoms with Gasteiger partial charge in [0.2, 0.25) is 5.91 Å². The highest BCUT2D eigenvalue weighted by atomic mass is 79.9. The first-order valence-corrected chi connectivity index (χ1v) is 7.65. The van der Waals surface area contributed by atoms with E-state index in [0.717, 1.165) is 18.4 Å². The molecule has 1 aromatic rings. The lowest BCUT2D eigenvalue weighted by molar-refractivity contribution is -0.126. The molecule has 0 radical (unpaired) electrons. The van der Waals surface area contributed by atoms with Crippen molar-refractivity contribution >= 4 is 21.8 Å². The maximum absolute atomic E-state index is 12.2. The van der Waals surface area contributed by atoms with Crippen LogP contribution >= 0.6 is 15.9 Å². The third-order valence-corrected chi connectivity index (χ3v) is 5.13. The number of carbonyl (C=O) groups excluding carboxylic acids is 1. The standard InChI is InChI=1S/C15H18BrNO/c16-12-6-7-14-11(8-12)9-13(15(18)17-14)10-4-2-1-3-5-10/h1-5,11-14H,6-9H2,(H,17,18). The molecule has 96 valence electrons. The number of fused-ring (bicyclic) bond motifs is 1. The Morgan fingerprint density at radius 3 is 2.67 bits per heavy atom. The minimum absolute atomic E-state index is 0.0465. The number of nitrogens with one attached hydrogen (secondary N) is 1. The van der Waals surface area contributed by atoms with E-state index in [4.69, 9.17) is 0 Å². The topological polar surface area (TPSA) is 29.1 Å². The molecule has 1 heterocycles.